The minimum absolute atomic E-state index is 0.130. The lowest BCUT2D eigenvalue weighted by molar-refractivity contribution is -0.116. The van der Waals surface area contributed by atoms with Crippen molar-refractivity contribution in [3.05, 3.63) is 46.4 Å². The van der Waals surface area contributed by atoms with Crippen LogP contribution in [-0.4, -0.2) is 38.3 Å². The van der Waals surface area contributed by atoms with Crippen LogP contribution in [0.1, 0.15) is 38.3 Å². The van der Waals surface area contributed by atoms with Crippen LogP contribution in [0.4, 0.5) is 11.6 Å². The fourth-order valence-corrected chi connectivity index (χ4v) is 4.02. The summed E-state index contributed by atoms with van der Waals surface area (Å²) in [6.07, 6.45) is 3.51. The minimum atomic E-state index is -0.164. The van der Waals surface area contributed by atoms with Crippen molar-refractivity contribution in [3.63, 3.8) is 0 Å². The van der Waals surface area contributed by atoms with E-state index < -0.39 is 0 Å². The van der Waals surface area contributed by atoms with Gasteiger partial charge in [-0.15, -0.1) is 0 Å². The van der Waals surface area contributed by atoms with E-state index in [0.29, 0.717) is 18.2 Å². The number of hydrogen-bond acceptors (Lipinski definition) is 5. The van der Waals surface area contributed by atoms with E-state index in [1.54, 1.807) is 4.57 Å². The summed E-state index contributed by atoms with van der Waals surface area (Å²) in [5, 5.41) is 7.21. The number of carbonyl (C=O) groups is 1. The third kappa shape index (κ3) is 4.08. The Morgan fingerprint density at radius 1 is 1.17 bits per heavy atom. The molecule has 3 aromatic rings. The Hall–Kier alpha value is -3.16. The molecule has 2 aromatic heterocycles. The molecule has 1 amide bonds. The quantitative estimate of drug-likeness (QED) is 0.678. The highest BCUT2D eigenvalue weighted by Crippen LogP contribution is 2.18. The van der Waals surface area contributed by atoms with Crippen molar-refractivity contribution in [2.45, 2.75) is 52.6 Å². The lowest BCUT2D eigenvalue weighted by Gasteiger charge is -2.27. The fourth-order valence-electron chi connectivity index (χ4n) is 4.02. The van der Waals surface area contributed by atoms with Gasteiger partial charge in [-0.1, -0.05) is 12.1 Å². The van der Waals surface area contributed by atoms with Crippen LogP contribution in [0.5, 0.6) is 0 Å². The maximum atomic E-state index is 13.3. The number of aryl methyl sites for hydroxylation is 3. The molecule has 0 unspecified atom stereocenters. The molecule has 3 heterocycles. The average molecular weight is 409 g/mol. The number of benzene rings is 1. The van der Waals surface area contributed by atoms with Crippen LogP contribution < -0.4 is 15.8 Å². The Morgan fingerprint density at radius 3 is 2.67 bits per heavy atom. The van der Waals surface area contributed by atoms with Crippen LogP contribution in [0.2, 0.25) is 0 Å². The van der Waals surface area contributed by atoms with Crippen molar-refractivity contribution >= 4 is 28.6 Å². The number of nitrogens with one attached hydrogen (secondary N) is 1. The van der Waals surface area contributed by atoms with Gasteiger partial charge in [-0.2, -0.15) is 5.10 Å². The van der Waals surface area contributed by atoms with Crippen molar-refractivity contribution < 1.29 is 4.79 Å². The van der Waals surface area contributed by atoms with Gasteiger partial charge < -0.3 is 14.8 Å². The summed E-state index contributed by atoms with van der Waals surface area (Å²) in [5.74, 6) is 0.870. The summed E-state index contributed by atoms with van der Waals surface area (Å²) >= 11 is 0. The zero-order valence-corrected chi connectivity index (χ0v) is 17.6. The van der Waals surface area contributed by atoms with E-state index in [9.17, 15) is 9.59 Å². The van der Waals surface area contributed by atoms with Gasteiger partial charge in [0.1, 0.15) is 0 Å². The molecule has 4 rings (SSSR count). The molecule has 158 valence electrons. The molecule has 0 radical (unpaired) electrons. The van der Waals surface area contributed by atoms with E-state index in [2.05, 4.69) is 20.3 Å². The second-order valence-corrected chi connectivity index (χ2v) is 7.71. The van der Waals surface area contributed by atoms with Crippen LogP contribution in [0.15, 0.2) is 35.1 Å². The lowest BCUT2D eigenvalue weighted by atomic mass is 10.1. The molecule has 1 saturated heterocycles. The molecule has 0 bridgehead atoms. The van der Waals surface area contributed by atoms with E-state index in [0.717, 1.165) is 49.2 Å². The molecule has 1 aliphatic heterocycles. The summed E-state index contributed by atoms with van der Waals surface area (Å²) in [5.41, 5.74) is 2.39. The maximum Gasteiger partial charge on any atom is 0.294 e. The molecule has 0 saturated carbocycles. The number of aromatic nitrogens is 4. The number of amides is 1. The number of carbonyl (C=O) groups excluding carboxylic acids is 1. The normalized spacial score (nSPS) is 14.3. The number of piperidine rings is 1. The highest BCUT2D eigenvalue weighted by atomic mass is 16.2. The largest absolute Gasteiger partial charge is 0.352 e. The molecule has 0 spiro atoms. The Balaban J connectivity index is 1.57. The smallest absolute Gasteiger partial charge is 0.294 e. The highest BCUT2D eigenvalue weighted by Gasteiger charge is 2.19. The van der Waals surface area contributed by atoms with Crippen LogP contribution in [0.25, 0.3) is 11.0 Å². The molecule has 0 aliphatic carbocycles. The van der Waals surface area contributed by atoms with Crippen molar-refractivity contribution in [1.29, 1.82) is 0 Å². The first kappa shape index (κ1) is 20.1. The second kappa shape index (κ2) is 8.69. The predicted octanol–water partition coefficient (Wildman–Crippen LogP) is 2.94. The first-order valence-corrected chi connectivity index (χ1v) is 10.7. The summed E-state index contributed by atoms with van der Waals surface area (Å²) in [6, 6.07) is 9.46. The monoisotopic (exact) mass is 408 g/mol. The maximum absolute atomic E-state index is 13.3. The summed E-state index contributed by atoms with van der Waals surface area (Å²) in [4.78, 5) is 32.5. The molecule has 0 atom stereocenters. The number of nitrogens with zero attached hydrogens (tertiary/aromatic N) is 5. The van der Waals surface area contributed by atoms with Gasteiger partial charge >= 0.3 is 0 Å². The lowest BCUT2D eigenvalue weighted by Crippen LogP contribution is -2.37. The standard InChI is InChI=1S/C22H28N6O2/c1-3-28-16(2)15-19(25-28)24-20(29)11-14-27-18-10-6-5-9-17(18)23-21(22(27)30)26-12-7-4-8-13-26/h5-6,9-10,15H,3-4,7-8,11-14H2,1-2H3,(H,24,25,29). The Labute approximate surface area is 175 Å². The molecule has 1 aliphatic rings. The summed E-state index contributed by atoms with van der Waals surface area (Å²) in [7, 11) is 0. The summed E-state index contributed by atoms with van der Waals surface area (Å²) < 4.78 is 3.52. The minimum Gasteiger partial charge on any atom is -0.352 e. The van der Waals surface area contributed by atoms with Crippen molar-refractivity contribution in [3.8, 4) is 0 Å². The first-order chi connectivity index (χ1) is 14.6. The Kier molecular flexibility index (Phi) is 5.83. The molecule has 8 nitrogen and oxygen atoms in total. The SMILES string of the molecule is CCn1nc(NC(=O)CCn2c(=O)c(N3CCCCC3)nc3ccccc32)cc1C. The number of para-hydroxylation sites is 2. The molecule has 8 heteroatoms. The topological polar surface area (TPSA) is 85.0 Å². The molecule has 1 aromatic carbocycles. The molecule has 1 N–H and O–H groups in total. The predicted molar refractivity (Wildman–Crippen MR) is 118 cm³/mol. The van der Waals surface area contributed by atoms with Crippen LogP contribution in [0, 0.1) is 6.92 Å². The van der Waals surface area contributed by atoms with Gasteiger partial charge in [0.25, 0.3) is 5.56 Å². The highest BCUT2D eigenvalue weighted by molar-refractivity contribution is 5.89. The van der Waals surface area contributed by atoms with E-state index >= 15 is 0 Å². The molecule has 30 heavy (non-hydrogen) atoms. The third-order valence-electron chi connectivity index (χ3n) is 5.60. The van der Waals surface area contributed by atoms with Gasteiger partial charge in [-0.05, 0) is 45.2 Å². The first-order valence-electron chi connectivity index (χ1n) is 10.7. The Morgan fingerprint density at radius 2 is 1.93 bits per heavy atom. The van der Waals surface area contributed by atoms with Crippen LogP contribution in [0.3, 0.4) is 0 Å². The number of rotatable bonds is 6. The van der Waals surface area contributed by atoms with E-state index in [-0.39, 0.29) is 17.9 Å². The fraction of sp³-hybridized carbons (Fsp3) is 0.455. The average Bonchev–Trinajstić information content (AvgIpc) is 3.12. The third-order valence-corrected chi connectivity index (χ3v) is 5.60. The van der Waals surface area contributed by atoms with Gasteiger partial charge in [0, 0.05) is 44.4 Å². The number of hydrogen-bond donors (Lipinski definition) is 1. The molecular weight excluding hydrogens is 380 g/mol. The van der Waals surface area contributed by atoms with Crippen LogP contribution in [-0.2, 0) is 17.9 Å². The summed E-state index contributed by atoms with van der Waals surface area (Å²) in [6.45, 7) is 6.70. The van der Waals surface area contributed by atoms with E-state index in [1.807, 2.05) is 48.9 Å². The zero-order chi connectivity index (χ0) is 21.1. The van der Waals surface area contributed by atoms with Gasteiger partial charge in [0.15, 0.2) is 11.6 Å². The zero-order valence-electron chi connectivity index (χ0n) is 17.6. The second-order valence-electron chi connectivity index (χ2n) is 7.71. The Bertz CT molecular complexity index is 1110. The van der Waals surface area contributed by atoms with E-state index in [1.165, 1.54) is 6.42 Å². The van der Waals surface area contributed by atoms with Gasteiger partial charge in [-0.25, -0.2) is 4.98 Å². The van der Waals surface area contributed by atoms with Crippen molar-refractivity contribution in [2.75, 3.05) is 23.3 Å². The molecular formula is C22H28N6O2. The van der Waals surface area contributed by atoms with Gasteiger partial charge in [0.2, 0.25) is 5.91 Å². The van der Waals surface area contributed by atoms with Crippen molar-refractivity contribution in [1.82, 2.24) is 19.3 Å². The van der Waals surface area contributed by atoms with Crippen molar-refractivity contribution in [2.24, 2.45) is 0 Å². The van der Waals surface area contributed by atoms with Gasteiger partial charge in [-0.3, -0.25) is 14.3 Å². The number of fused-ring (bicyclic) bond motifs is 1. The number of anilines is 2. The van der Waals surface area contributed by atoms with Crippen LogP contribution >= 0.6 is 0 Å². The molecule has 1 fully saturated rings. The van der Waals surface area contributed by atoms with Gasteiger partial charge in [0.05, 0.1) is 11.0 Å². The van der Waals surface area contributed by atoms with E-state index in [4.69, 9.17) is 0 Å².